The monoisotopic (exact) mass is 556 g/mol. The Kier molecular flexibility index (Phi) is 8.47. The summed E-state index contributed by atoms with van der Waals surface area (Å²) in [5.41, 5.74) is 2.45. The first-order valence-corrected chi connectivity index (χ1v) is 12.6. The van der Waals surface area contributed by atoms with Crippen molar-refractivity contribution >= 4 is 40.8 Å². The molecule has 0 radical (unpaired) electrons. The maximum Gasteiger partial charge on any atom is 0.337 e. The van der Waals surface area contributed by atoms with E-state index >= 15 is 0 Å². The molecular weight excluding hydrogens is 528 g/mol. The number of benzene rings is 3. The Labute approximate surface area is 236 Å². The van der Waals surface area contributed by atoms with Gasteiger partial charge in [-0.05, 0) is 62.4 Å². The van der Waals surface area contributed by atoms with Crippen LogP contribution in [-0.4, -0.2) is 48.7 Å². The predicted molar refractivity (Wildman–Crippen MR) is 150 cm³/mol. The first-order valence-electron chi connectivity index (χ1n) is 12.6. The fourth-order valence-corrected chi connectivity index (χ4v) is 4.41. The third kappa shape index (κ3) is 5.64. The summed E-state index contributed by atoms with van der Waals surface area (Å²) in [5, 5.41) is 2.91. The van der Waals surface area contributed by atoms with Crippen molar-refractivity contribution in [1.29, 1.82) is 0 Å². The molecule has 3 amide bonds. The molecule has 0 saturated heterocycles. The lowest BCUT2D eigenvalue weighted by molar-refractivity contribution is -0.149. The molecule has 11 heteroatoms. The number of carbonyl (C=O) groups excluding carboxylic acids is 5. The standard InChI is InChI=1S/C30H28N4O7/c1-4-41-29(39)30(2)23(25(35)27(37)33-32-26(36)19-15-17-22(40-3)18-16-19)24(31-20-11-7-5-8-12-20)28(38)34(30)21-13-9-6-10-14-21/h5-18,31H,4H2,1-3H3,(H,32,36)(H,33,37). The van der Waals surface area contributed by atoms with Gasteiger partial charge in [-0.15, -0.1) is 0 Å². The van der Waals surface area contributed by atoms with Crippen LogP contribution in [0.25, 0.3) is 0 Å². The minimum Gasteiger partial charge on any atom is -0.497 e. The zero-order valence-corrected chi connectivity index (χ0v) is 22.6. The van der Waals surface area contributed by atoms with E-state index in [4.69, 9.17) is 9.47 Å². The number of ether oxygens (including phenoxy) is 2. The second-order valence-corrected chi connectivity index (χ2v) is 8.98. The molecule has 3 aromatic carbocycles. The summed E-state index contributed by atoms with van der Waals surface area (Å²) in [4.78, 5) is 68.0. The first-order chi connectivity index (χ1) is 19.7. The number of hydrazine groups is 1. The zero-order valence-electron chi connectivity index (χ0n) is 22.6. The first kappa shape index (κ1) is 28.6. The molecule has 0 aromatic heterocycles. The van der Waals surface area contributed by atoms with Crippen molar-refractivity contribution in [2.24, 2.45) is 0 Å². The molecule has 3 aromatic rings. The van der Waals surface area contributed by atoms with Gasteiger partial charge in [-0.25, -0.2) is 4.79 Å². The molecule has 0 saturated carbocycles. The van der Waals surface area contributed by atoms with Crippen LogP contribution >= 0.6 is 0 Å². The summed E-state index contributed by atoms with van der Waals surface area (Å²) in [6.07, 6.45) is 0. The van der Waals surface area contributed by atoms with Gasteiger partial charge < -0.3 is 14.8 Å². The fourth-order valence-electron chi connectivity index (χ4n) is 4.41. The van der Waals surface area contributed by atoms with Crippen molar-refractivity contribution in [1.82, 2.24) is 10.9 Å². The van der Waals surface area contributed by atoms with Crippen LogP contribution < -0.4 is 25.8 Å². The van der Waals surface area contributed by atoms with Gasteiger partial charge in [0.2, 0.25) is 0 Å². The number of nitrogens with zero attached hydrogens (tertiary/aromatic N) is 1. The molecule has 11 nitrogen and oxygen atoms in total. The summed E-state index contributed by atoms with van der Waals surface area (Å²) in [6, 6.07) is 22.8. The quantitative estimate of drug-likeness (QED) is 0.207. The van der Waals surface area contributed by atoms with Crippen molar-refractivity contribution in [2.75, 3.05) is 23.9 Å². The van der Waals surface area contributed by atoms with Crippen LogP contribution in [0.2, 0.25) is 0 Å². The molecule has 3 N–H and O–H groups in total. The largest absolute Gasteiger partial charge is 0.497 e. The van der Waals surface area contributed by atoms with E-state index < -0.39 is 40.6 Å². The number of carbonyl (C=O) groups is 5. The van der Waals surface area contributed by atoms with E-state index in [9.17, 15) is 24.0 Å². The Balaban J connectivity index is 1.73. The van der Waals surface area contributed by atoms with Gasteiger partial charge in [-0.3, -0.25) is 34.9 Å². The highest BCUT2D eigenvalue weighted by Gasteiger charge is 2.58. The lowest BCUT2D eigenvalue weighted by atomic mass is 9.88. The van der Waals surface area contributed by atoms with E-state index in [1.54, 1.807) is 79.7 Å². The van der Waals surface area contributed by atoms with Gasteiger partial charge >= 0.3 is 11.9 Å². The number of nitrogens with one attached hydrogen (secondary N) is 3. The van der Waals surface area contributed by atoms with E-state index in [-0.39, 0.29) is 17.9 Å². The van der Waals surface area contributed by atoms with Crippen molar-refractivity contribution in [3.05, 3.63) is 102 Å². The van der Waals surface area contributed by atoms with Crippen molar-refractivity contribution in [3.63, 3.8) is 0 Å². The Morgan fingerprint density at radius 2 is 1.46 bits per heavy atom. The summed E-state index contributed by atoms with van der Waals surface area (Å²) in [7, 11) is 1.48. The normalized spacial score (nSPS) is 16.2. The highest BCUT2D eigenvalue weighted by molar-refractivity contribution is 6.47. The maximum absolute atomic E-state index is 13.9. The Hall–Kier alpha value is -5.45. The number of amides is 3. The van der Waals surface area contributed by atoms with Crippen LogP contribution in [0.5, 0.6) is 5.75 Å². The van der Waals surface area contributed by atoms with Gasteiger partial charge in [0.1, 0.15) is 11.4 Å². The van der Waals surface area contributed by atoms with E-state index in [0.717, 1.165) is 4.90 Å². The topological polar surface area (TPSA) is 143 Å². The third-order valence-corrected chi connectivity index (χ3v) is 6.41. The van der Waals surface area contributed by atoms with Crippen LogP contribution in [0.15, 0.2) is 96.2 Å². The second kappa shape index (κ2) is 12.2. The molecular formula is C30H28N4O7. The fraction of sp³-hybridized carbons (Fsp3) is 0.167. The van der Waals surface area contributed by atoms with Gasteiger partial charge in [0.15, 0.2) is 5.54 Å². The second-order valence-electron chi connectivity index (χ2n) is 8.98. The number of methoxy groups -OCH3 is 1. The van der Waals surface area contributed by atoms with Gasteiger partial charge in [0.05, 0.1) is 19.3 Å². The van der Waals surface area contributed by atoms with Crippen molar-refractivity contribution < 1.29 is 33.4 Å². The smallest absolute Gasteiger partial charge is 0.337 e. The number of hydrogen-bond acceptors (Lipinski definition) is 8. The zero-order chi connectivity index (χ0) is 29.6. The highest BCUT2D eigenvalue weighted by atomic mass is 16.5. The molecule has 41 heavy (non-hydrogen) atoms. The molecule has 1 atom stereocenters. The van der Waals surface area contributed by atoms with Crippen LogP contribution in [0.1, 0.15) is 24.2 Å². The Morgan fingerprint density at radius 1 is 0.854 bits per heavy atom. The minimum absolute atomic E-state index is 0.0434. The maximum atomic E-state index is 13.9. The number of para-hydroxylation sites is 2. The van der Waals surface area contributed by atoms with Crippen LogP contribution in [0.4, 0.5) is 11.4 Å². The van der Waals surface area contributed by atoms with Gasteiger partial charge in [0.25, 0.3) is 17.6 Å². The average molecular weight is 557 g/mol. The Bertz CT molecular complexity index is 1500. The lowest BCUT2D eigenvalue weighted by Crippen LogP contribution is -2.56. The van der Waals surface area contributed by atoms with E-state index in [2.05, 4.69) is 16.2 Å². The SMILES string of the molecule is CCOC(=O)C1(C)C(C(=O)C(=O)NNC(=O)c2ccc(OC)cc2)=C(Nc2ccccc2)C(=O)N1c1ccccc1. The summed E-state index contributed by atoms with van der Waals surface area (Å²) >= 11 is 0. The Morgan fingerprint density at radius 3 is 2.05 bits per heavy atom. The van der Waals surface area contributed by atoms with Gasteiger partial charge in [0, 0.05) is 16.9 Å². The molecule has 0 fully saturated rings. The van der Waals surface area contributed by atoms with E-state index in [0.29, 0.717) is 17.1 Å². The minimum atomic E-state index is -2.03. The van der Waals surface area contributed by atoms with Crippen molar-refractivity contribution in [2.45, 2.75) is 19.4 Å². The number of anilines is 2. The summed E-state index contributed by atoms with van der Waals surface area (Å²) in [5.74, 6) is -4.31. The number of ketones is 1. The number of hydrogen-bond donors (Lipinski definition) is 3. The predicted octanol–water partition coefficient (Wildman–Crippen LogP) is 2.76. The number of rotatable bonds is 9. The van der Waals surface area contributed by atoms with Gasteiger partial charge in [-0.1, -0.05) is 36.4 Å². The van der Waals surface area contributed by atoms with Crippen LogP contribution in [-0.2, 0) is 23.9 Å². The molecule has 1 heterocycles. The average Bonchev–Trinajstić information content (AvgIpc) is 3.22. The lowest BCUT2D eigenvalue weighted by Gasteiger charge is -2.34. The molecule has 0 bridgehead atoms. The molecule has 210 valence electrons. The van der Waals surface area contributed by atoms with Crippen molar-refractivity contribution in [3.8, 4) is 5.75 Å². The van der Waals surface area contributed by atoms with E-state index in [1.807, 2.05) is 0 Å². The molecule has 1 aliphatic heterocycles. The molecule has 1 aliphatic rings. The van der Waals surface area contributed by atoms with Crippen LogP contribution in [0, 0.1) is 0 Å². The molecule has 0 aliphatic carbocycles. The number of Topliss-reactive ketones (excluding diaryl/α,β-unsaturated/α-hetero) is 1. The molecule has 0 spiro atoms. The number of esters is 1. The third-order valence-electron chi connectivity index (χ3n) is 6.41. The van der Waals surface area contributed by atoms with Crippen LogP contribution in [0.3, 0.4) is 0 Å². The molecule has 1 unspecified atom stereocenters. The van der Waals surface area contributed by atoms with Gasteiger partial charge in [-0.2, -0.15) is 0 Å². The molecule has 4 rings (SSSR count). The van der Waals surface area contributed by atoms with E-state index in [1.165, 1.54) is 26.2 Å². The summed E-state index contributed by atoms with van der Waals surface area (Å²) in [6.45, 7) is 2.88. The summed E-state index contributed by atoms with van der Waals surface area (Å²) < 4.78 is 10.4. The highest BCUT2D eigenvalue weighted by Crippen LogP contribution is 2.41.